The van der Waals surface area contributed by atoms with Crippen molar-refractivity contribution in [3.63, 3.8) is 0 Å². The van der Waals surface area contributed by atoms with E-state index in [1.807, 2.05) is 6.07 Å². The molecule has 3 aromatic carbocycles. The highest BCUT2D eigenvalue weighted by molar-refractivity contribution is 7.89. The van der Waals surface area contributed by atoms with Crippen LogP contribution in [0.3, 0.4) is 0 Å². The van der Waals surface area contributed by atoms with Crippen LogP contribution in [0, 0.1) is 5.41 Å². The molecule has 2 atom stereocenters. The Labute approximate surface area is 256 Å². The van der Waals surface area contributed by atoms with Gasteiger partial charge in [-0.2, -0.15) is 13.2 Å². The van der Waals surface area contributed by atoms with E-state index in [4.69, 9.17) is 11.6 Å². The summed E-state index contributed by atoms with van der Waals surface area (Å²) in [6, 6.07) is 14.8. The Morgan fingerprint density at radius 2 is 1.74 bits per heavy atom. The molecule has 4 rings (SSSR count). The van der Waals surface area contributed by atoms with E-state index in [1.54, 1.807) is 24.3 Å². The van der Waals surface area contributed by atoms with E-state index < -0.39 is 32.7 Å². The van der Waals surface area contributed by atoms with Crippen LogP contribution in [0.4, 0.5) is 13.2 Å². The van der Waals surface area contributed by atoms with Crippen molar-refractivity contribution in [2.75, 3.05) is 6.54 Å². The Hall–Kier alpha value is -2.92. The minimum absolute atomic E-state index is 0.175. The van der Waals surface area contributed by atoms with Crippen LogP contribution < -0.4 is 15.4 Å². The molecule has 1 amide bonds. The van der Waals surface area contributed by atoms with E-state index in [0.717, 1.165) is 56.1 Å². The maximum atomic E-state index is 13.4. The number of amides is 1. The lowest BCUT2D eigenvalue weighted by Crippen LogP contribution is -2.36. The van der Waals surface area contributed by atoms with Gasteiger partial charge in [-0.3, -0.25) is 4.79 Å². The molecule has 43 heavy (non-hydrogen) atoms. The Morgan fingerprint density at radius 1 is 1.02 bits per heavy atom. The number of halogens is 4. The normalized spacial score (nSPS) is 16.4. The van der Waals surface area contributed by atoms with Gasteiger partial charge in [0.15, 0.2) is 0 Å². The second-order valence-corrected chi connectivity index (χ2v) is 14.3. The van der Waals surface area contributed by atoms with Crippen LogP contribution in [0.1, 0.15) is 79.9 Å². The van der Waals surface area contributed by atoms with Crippen molar-refractivity contribution in [3.05, 3.63) is 99.6 Å². The maximum absolute atomic E-state index is 13.4. The second-order valence-electron chi connectivity index (χ2n) is 12.2. The van der Waals surface area contributed by atoms with Crippen LogP contribution >= 0.6 is 11.6 Å². The van der Waals surface area contributed by atoms with Crippen molar-refractivity contribution in [2.24, 2.45) is 5.41 Å². The molecular formula is C32H37ClF3N3O3S. The number of sulfonamides is 1. The predicted octanol–water partition coefficient (Wildman–Crippen LogP) is 7.10. The summed E-state index contributed by atoms with van der Waals surface area (Å²) in [5.41, 5.74) is 2.92. The number of hydrogen-bond acceptors (Lipinski definition) is 4. The molecule has 1 aliphatic rings. The van der Waals surface area contributed by atoms with E-state index in [1.165, 1.54) is 11.1 Å². The van der Waals surface area contributed by atoms with Gasteiger partial charge < -0.3 is 10.6 Å². The van der Waals surface area contributed by atoms with E-state index in [0.29, 0.717) is 16.7 Å². The number of rotatable bonds is 10. The molecule has 0 unspecified atom stereocenters. The first-order valence-electron chi connectivity index (χ1n) is 14.2. The molecular weight excluding hydrogens is 599 g/mol. The zero-order valence-electron chi connectivity index (χ0n) is 24.4. The third-order valence-electron chi connectivity index (χ3n) is 7.27. The maximum Gasteiger partial charge on any atom is 0.416 e. The first kappa shape index (κ1) is 33.0. The molecule has 3 aromatic rings. The number of aryl methyl sites for hydroxylation is 1. The number of benzene rings is 3. The molecule has 0 saturated heterocycles. The van der Waals surface area contributed by atoms with Crippen molar-refractivity contribution in [2.45, 2.75) is 76.2 Å². The molecule has 1 aliphatic carbocycles. The molecule has 0 bridgehead atoms. The lowest BCUT2D eigenvalue weighted by Gasteiger charge is -2.28. The third-order valence-corrected chi connectivity index (χ3v) is 8.99. The smallest absolute Gasteiger partial charge is 0.349 e. The molecule has 0 saturated carbocycles. The van der Waals surface area contributed by atoms with Crippen molar-refractivity contribution < 1.29 is 26.4 Å². The van der Waals surface area contributed by atoms with Gasteiger partial charge in [-0.25, -0.2) is 13.1 Å². The van der Waals surface area contributed by atoms with Crippen LogP contribution in [0.2, 0.25) is 5.02 Å². The number of carbonyl (C=O) groups excluding carboxylic acids is 1. The number of fused-ring (bicyclic) bond motifs is 1. The minimum Gasteiger partial charge on any atom is -0.349 e. The highest BCUT2D eigenvalue weighted by atomic mass is 35.5. The highest BCUT2D eigenvalue weighted by Gasteiger charge is 2.33. The second kappa shape index (κ2) is 13.4. The Bertz CT molecular complexity index is 1540. The van der Waals surface area contributed by atoms with Gasteiger partial charge in [0.1, 0.15) is 0 Å². The molecule has 0 fully saturated rings. The Kier molecular flexibility index (Phi) is 10.3. The summed E-state index contributed by atoms with van der Waals surface area (Å²) >= 11 is 6.02. The van der Waals surface area contributed by atoms with Crippen molar-refractivity contribution >= 4 is 27.5 Å². The Morgan fingerprint density at radius 3 is 2.42 bits per heavy atom. The van der Waals surface area contributed by atoms with E-state index >= 15 is 0 Å². The summed E-state index contributed by atoms with van der Waals surface area (Å²) in [6.07, 6.45) is -2.44. The van der Waals surface area contributed by atoms with Crippen LogP contribution in [0.25, 0.3) is 0 Å². The van der Waals surface area contributed by atoms with E-state index in [9.17, 15) is 26.4 Å². The summed E-state index contributed by atoms with van der Waals surface area (Å²) in [6.45, 7) is 8.15. The number of nitrogens with one attached hydrogen (secondary N) is 3. The Balaban J connectivity index is 1.50. The standard InChI is InChI=1S/C32H37ClF3N3O3S/c1-31(2,3)20-37-19-21-10-15-27-23(16-21)6-4-9-28(27)38-30(40)18-29(22-11-13-25(33)14-12-22)39-43(41,42)26-8-5-7-24(17-26)32(34,35)36/h5,7-8,10-17,28-29,37,39H,4,6,9,18-20H2,1-3H3,(H,38,40)/t28-,29+/m1/s1. The van der Waals surface area contributed by atoms with Crippen LogP contribution in [-0.2, 0) is 34.0 Å². The van der Waals surface area contributed by atoms with Crippen molar-refractivity contribution in [1.82, 2.24) is 15.4 Å². The fourth-order valence-corrected chi connectivity index (χ4v) is 6.56. The first-order chi connectivity index (χ1) is 20.1. The highest BCUT2D eigenvalue weighted by Crippen LogP contribution is 2.33. The van der Waals surface area contributed by atoms with Gasteiger partial charge in [0, 0.05) is 24.5 Å². The van der Waals surface area contributed by atoms with Gasteiger partial charge in [-0.1, -0.05) is 68.8 Å². The third kappa shape index (κ3) is 9.28. The molecule has 0 aliphatic heterocycles. The van der Waals surface area contributed by atoms with Gasteiger partial charge in [-0.05, 0) is 77.3 Å². The molecule has 0 radical (unpaired) electrons. The van der Waals surface area contributed by atoms with Crippen LogP contribution in [0.15, 0.2) is 71.6 Å². The largest absolute Gasteiger partial charge is 0.416 e. The van der Waals surface area contributed by atoms with E-state index in [-0.39, 0.29) is 23.8 Å². The minimum atomic E-state index is -4.71. The van der Waals surface area contributed by atoms with Gasteiger partial charge in [0.2, 0.25) is 15.9 Å². The summed E-state index contributed by atoms with van der Waals surface area (Å²) in [5.74, 6) is -0.388. The van der Waals surface area contributed by atoms with Crippen LogP contribution in [0.5, 0.6) is 0 Å². The first-order valence-corrected chi connectivity index (χ1v) is 16.0. The summed E-state index contributed by atoms with van der Waals surface area (Å²) in [7, 11) is -4.42. The molecule has 6 nitrogen and oxygen atoms in total. The fraction of sp³-hybridized carbons (Fsp3) is 0.406. The lowest BCUT2D eigenvalue weighted by atomic mass is 9.86. The summed E-state index contributed by atoms with van der Waals surface area (Å²) in [4.78, 5) is 12.8. The average molecular weight is 636 g/mol. The van der Waals surface area contributed by atoms with Crippen molar-refractivity contribution in [1.29, 1.82) is 0 Å². The molecule has 0 spiro atoms. The predicted molar refractivity (Wildman–Crippen MR) is 162 cm³/mol. The monoisotopic (exact) mass is 635 g/mol. The summed E-state index contributed by atoms with van der Waals surface area (Å²) in [5, 5.41) is 6.96. The molecule has 11 heteroatoms. The molecule has 3 N–H and O–H groups in total. The van der Waals surface area contributed by atoms with Gasteiger partial charge in [0.25, 0.3) is 0 Å². The van der Waals surface area contributed by atoms with Gasteiger partial charge in [-0.15, -0.1) is 0 Å². The van der Waals surface area contributed by atoms with Crippen LogP contribution in [-0.4, -0.2) is 20.9 Å². The SMILES string of the molecule is CC(C)(C)CNCc1ccc2c(c1)CCC[C@H]2NC(=O)C[C@H](NS(=O)(=O)c1cccc(C(F)(F)F)c1)c1ccc(Cl)cc1. The quantitative estimate of drug-likeness (QED) is 0.222. The van der Waals surface area contributed by atoms with E-state index in [2.05, 4.69) is 48.3 Å². The van der Waals surface area contributed by atoms with Gasteiger partial charge in [0.05, 0.1) is 22.5 Å². The molecule has 0 aromatic heterocycles. The zero-order chi connectivity index (χ0) is 31.4. The summed E-state index contributed by atoms with van der Waals surface area (Å²) < 4.78 is 68.6. The molecule has 232 valence electrons. The van der Waals surface area contributed by atoms with Crippen molar-refractivity contribution in [3.8, 4) is 0 Å². The van der Waals surface area contributed by atoms with Gasteiger partial charge >= 0.3 is 6.18 Å². The molecule has 0 heterocycles. The number of alkyl halides is 3. The average Bonchev–Trinajstić information content (AvgIpc) is 2.92. The fourth-order valence-electron chi connectivity index (χ4n) is 5.17. The lowest BCUT2D eigenvalue weighted by molar-refractivity contribution is -0.137. The number of carbonyl (C=O) groups is 1. The number of hydrogen-bond donors (Lipinski definition) is 3. The zero-order valence-corrected chi connectivity index (χ0v) is 26.0. The topological polar surface area (TPSA) is 87.3 Å².